The third-order valence-corrected chi connectivity index (χ3v) is 6.88. The topological polar surface area (TPSA) is 93.6 Å². The van der Waals surface area contributed by atoms with Crippen molar-refractivity contribution in [3.05, 3.63) is 40.8 Å². The van der Waals surface area contributed by atoms with Crippen LogP contribution in [0.2, 0.25) is 0 Å². The number of ether oxygens (including phenoxy) is 2. The molecule has 3 aromatic rings. The number of aryl methyl sites for hydroxylation is 1. The normalized spacial score (nSPS) is 19.7. The number of anilines is 1. The molecule has 0 N–H and O–H groups in total. The van der Waals surface area contributed by atoms with Crippen molar-refractivity contribution >= 4 is 23.2 Å². The van der Waals surface area contributed by atoms with Crippen LogP contribution < -0.4 is 9.64 Å². The number of amides is 1. The second-order valence-corrected chi connectivity index (χ2v) is 9.77. The third-order valence-electron chi connectivity index (χ3n) is 5.97. The Hall–Kier alpha value is -3.18. The molecule has 178 valence electrons. The summed E-state index contributed by atoms with van der Waals surface area (Å²) in [5, 5.41) is 0.883. The first-order valence-corrected chi connectivity index (χ1v) is 12.0. The van der Waals surface area contributed by atoms with Gasteiger partial charge in [-0.15, -0.1) is 11.3 Å². The lowest BCUT2D eigenvalue weighted by Crippen LogP contribution is -2.49. The maximum Gasteiger partial charge on any atom is 0.327 e. The Morgan fingerprint density at radius 3 is 2.85 bits per heavy atom. The fourth-order valence-corrected chi connectivity index (χ4v) is 5.05. The summed E-state index contributed by atoms with van der Waals surface area (Å²) in [4.78, 5) is 34.5. The van der Waals surface area contributed by atoms with E-state index in [0.717, 1.165) is 35.2 Å². The van der Waals surface area contributed by atoms with Gasteiger partial charge in [-0.05, 0) is 44.4 Å². The van der Waals surface area contributed by atoms with Crippen molar-refractivity contribution in [2.75, 3.05) is 32.1 Å². The second-order valence-electron chi connectivity index (χ2n) is 8.53. The summed E-state index contributed by atoms with van der Waals surface area (Å²) in [6.45, 7) is 3.15. The van der Waals surface area contributed by atoms with E-state index in [1.54, 1.807) is 20.3 Å². The van der Waals surface area contributed by atoms with Crippen LogP contribution in [0.4, 0.5) is 10.3 Å². The summed E-state index contributed by atoms with van der Waals surface area (Å²) < 4.78 is 26.5. The summed E-state index contributed by atoms with van der Waals surface area (Å²) in [6, 6.07) is 4.25. The number of carbonyl (C=O) groups is 1. The standard InChI is InChI=1S/C23H25FN6O3S/c1-13-25-12-19(34-13)20-26-22(30-9-10-32-18-6-4-5-16(18)30)28-23(27-20)33-17-8-7-14(11-15(17)24)21(31)29(2)3/h7-8,11-12,16,18H,4-6,9-10H2,1-3H3/t16-,18+/m0/s1. The molecular formula is C23H25FN6O3S. The van der Waals surface area contributed by atoms with Gasteiger partial charge in [-0.25, -0.2) is 9.37 Å². The maximum atomic E-state index is 14.8. The number of fused-ring (bicyclic) bond motifs is 1. The number of morpholine rings is 1. The number of hydrogen-bond acceptors (Lipinski definition) is 9. The van der Waals surface area contributed by atoms with Crippen LogP contribution in [0.15, 0.2) is 24.4 Å². The summed E-state index contributed by atoms with van der Waals surface area (Å²) in [7, 11) is 3.22. The Morgan fingerprint density at radius 2 is 2.12 bits per heavy atom. The van der Waals surface area contributed by atoms with Gasteiger partial charge < -0.3 is 19.3 Å². The summed E-state index contributed by atoms with van der Waals surface area (Å²) in [6.07, 6.45) is 4.97. The predicted molar refractivity (Wildman–Crippen MR) is 125 cm³/mol. The van der Waals surface area contributed by atoms with E-state index in [4.69, 9.17) is 14.5 Å². The maximum absolute atomic E-state index is 14.8. The Bertz CT molecular complexity index is 1220. The van der Waals surface area contributed by atoms with Gasteiger partial charge >= 0.3 is 6.01 Å². The molecule has 1 amide bonds. The van der Waals surface area contributed by atoms with Gasteiger partial charge in [0.2, 0.25) is 5.95 Å². The van der Waals surface area contributed by atoms with E-state index in [1.807, 2.05) is 6.92 Å². The minimum absolute atomic E-state index is 0.0160. The first kappa shape index (κ1) is 22.6. The zero-order chi connectivity index (χ0) is 23.8. The highest BCUT2D eigenvalue weighted by Gasteiger charge is 2.37. The van der Waals surface area contributed by atoms with Gasteiger partial charge in [-0.3, -0.25) is 4.79 Å². The van der Waals surface area contributed by atoms with Gasteiger partial charge in [0.25, 0.3) is 5.91 Å². The molecule has 0 spiro atoms. The Kier molecular flexibility index (Phi) is 6.13. The van der Waals surface area contributed by atoms with Crippen molar-refractivity contribution in [2.24, 2.45) is 0 Å². The molecule has 34 heavy (non-hydrogen) atoms. The lowest BCUT2D eigenvalue weighted by atomic mass is 10.1. The number of halogens is 1. The highest BCUT2D eigenvalue weighted by atomic mass is 32.1. The van der Waals surface area contributed by atoms with Crippen molar-refractivity contribution in [2.45, 2.75) is 38.3 Å². The predicted octanol–water partition coefficient (Wildman–Crippen LogP) is 3.69. The summed E-state index contributed by atoms with van der Waals surface area (Å²) >= 11 is 1.46. The van der Waals surface area contributed by atoms with Gasteiger partial charge in [0.15, 0.2) is 17.4 Å². The smallest absolute Gasteiger partial charge is 0.327 e. The average Bonchev–Trinajstić information content (AvgIpc) is 3.48. The molecule has 0 bridgehead atoms. The summed E-state index contributed by atoms with van der Waals surface area (Å²) in [5.74, 6) is -0.140. The lowest BCUT2D eigenvalue weighted by molar-refractivity contribution is 0.0249. The van der Waals surface area contributed by atoms with Crippen LogP contribution >= 0.6 is 11.3 Å². The molecule has 2 atom stereocenters. The van der Waals surface area contributed by atoms with E-state index < -0.39 is 5.82 Å². The van der Waals surface area contributed by atoms with Crippen LogP contribution in [0, 0.1) is 12.7 Å². The van der Waals surface area contributed by atoms with Gasteiger partial charge in [-0.2, -0.15) is 15.0 Å². The zero-order valence-corrected chi connectivity index (χ0v) is 20.0. The number of thiazole rings is 1. The molecule has 3 heterocycles. The molecule has 0 radical (unpaired) electrons. The molecular weight excluding hydrogens is 459 g/mol. The highest BCUT2D eigenvalue weighted by molar-refractivity contribution is 7.14. The van der Waals surface area contributed by atoms with Gasteiger partial charge in [0.05, 0.1) is 28.6 Å². The van der Waals surface area contributed by atoms with E-state index >= 15 is 0 Å². The van der Waals surface area contributed by atoms with Crippen molar-refractivity contribution in [3.63, 3.8) is 0 Å². The molecule has 1 saturated carbocycles. The highest BCUT2D eigenvalue weighted by Crippen LogP contribution is 2.34. The third kappa shape index (κ3) is 4.45. The van der Waals surface area contributed by atoms with Gasteiger partial charge in [0, 0.05) is 32.4 Å². The quantitative estimate of drug-likeness (QED) is 0.541. The van der Waals surface area contributed by atoms with Crippen molar-refractivity contribution in [1.29, 1.82) is 0 Å². The fraction of sp³-hybridized carbons (Fsp3) is 0.435. The van der Waals surface area contributed by atoms with E-state index in [0.29, 0.717) is 24.9 Å². The molecule has 2 aliphatic rings. The minimum atomic E-state index is -0.674. The van der Waals surface area contributed by atoms with Crippen LogP contribution in [0.1, 0.15) is 34.6 Å². The van der Waals surface area contributed by atoms with Crippen molar-refractivity contribution in [3.8, 4) is 22.5 Å². The largest absolute Gasteiger partial charge is 0.421 e. The van der Waals surface area contributed by atoms with E-state index in [9.17, 15) is 9.18 Å². The number of hydrogen-bond donors (Lipinski definition) is 0. The van der Waals surface area contributed by atoms with Crippen LogP contribution in [0.25, 0.3) is 10.7 Å². The van der Waals surface area contributed by atoms with Gasteiger partial charge in [0.1, 0.15) is 0 Å². The number of rotatable bonds is 5. The molecule has 1 saturated heterocycles. The fourth-order valence-electron chi connectivity index (χ4n) is 4.34. The number of aromatic nitrogens is 4. The Balaban J connectivity index is 1.50. The number of nitrogens with zero attached hydrogens (tertiary/aromatic N) is 6. The second kappa shape index (κ2) is 9.22. The number of benzene rings is 1. The van der Waals surface area contributed by atoms with Crippen LogP contribution in [-0.2, 0) is 4.74 Å². The molecule has 0 unspecified atom stereocenters. The minimum Gasteiger partial charge on any atom is -0.421 e. The SMILES string of the molecule is Cc1ncc(-c2nc(Oc3ccc(C(=O)N(C)C)cc3F)nc(N3CCO[C@@H]4CCC[C@@H]43)n2)s1. The Labute approximate surface area is 200 Å². The molecule has 1 aromatic carbocycles. The van der Waals surface area contributed by atoms with Crippen molar-refractivity contribution < 1.29 is 18.7 Å². The van der Waals surface area contributed by atoms with E-state index in [-0.39, 0.29) is 35.4 Å². The first-order chi connectivity index (χ1) is 16.4. The molecule has 9 nitrogen and oxygen atoms in total. The van der Waals surface area contributed by atoms with Crippen LogP contribution in [0.5, 0.6) is 11.8 Å². The monoisotopic (exact) mass is 484 g/mol. The molecule has 1 aliphatic heterocycles. The first-order valence-electron chi connectivity index (χ1n) is 11.2. The molecule has 1 aliphatic carbocycles. The van der Waals surface area contributed by atoms with Crippen LogP contribution in [-0.4, -0.2) is 70.1 Å². The molecule has 2 fully saturated rings. The molecule has 2 aromatic heterocycles. The van der Waals surface area contributed by atoms with Crippen molar-refractivity contribution in [1.82, 2.24) is 24.8 Å². The molecule has 5 rings (SSSR count). The van der Waals surface area contributed by atoms with Gasteiger partial charge in [-0.1, -0.05) is 0 Å². The lowest BCUT2D eigenvalue weighted by Gasteiger charge is -2.37. The van der Waals surface area contributed by atoms with Crippen LogP contribution in [0.3, 0.4) is 0 Å². The number of carbonyl (C=O) groups excluding carboxylic acids is 1. The van der Waals surface area contributed by atoms with E-state index in [2.05, 4.69) is 19.9 Å². The zero-order valence-electron chi connectivity index (χ0n) is 19.2. The Morgan fingerprint density at radius 1 is 1.26 bits per heavy atom. The summed E-state index contributed by atoms with van der Waals surface area (Å²) in [5.41, 5.74) is 0.229. The molecule has 11 heteroatoms. The average molecular weight is 485 g/mol. The van der Waals surface area contributed by atoms with E-state index in [1.165, 1.54) is 28.4 Å².